The van der Waals surface area contributed by atoms with E-state index in [-0.39, 0.29) is 12.4 Å². The minimum Gasteiger partial charge on any atom is -0.463 e. The molecule has 1 aromatic heterocycles. The van der Waals surface area contributed by atoms with Crippen LogP contribution in [-0.2, 0) is 9.53 Å². The van der Waals surface area contributed by atoms with E-state index in [4.69, 9.17) is 9.72 Å². The first-order valence-electron chi connectivity index (χ1n) is 10.1. The Morgan fingerprint density at radius 2 is 1.74 bits per heavy atom. The van der Waals surface area contributed by atoms with Gasteiger partial charge in [0.1, 0.15) is 5.82 Å². The normalized spacial score (nSPS) is 15.5. The van der Waals surface area contributed by atoms with Crippen LogP contribution in [0, 0.1) is 5.82 Å². The molecular formula is C25H20FN3O2. The highest BCUT2D eigenvalue weighted by Crippen LogP contribution is 2.42. The quantitative estimate of drug-likeness (QED) is 0.469. The number of fused-ring (bicyclic) bond motifs is 3. The van der Waals surface area contributed by atoms with E-state index in [0.717, 1.165) is 16.6 Å². The zero-order valence-corrected chi connectivity index (χ0v) is 16.9. The molecule has 5 rings (SSSR count). The van der Waals surface area contributed by atoms with Crippen LogP contribution in [0.25, 0.3) is 16.7 Å². The number of aromatic nitrogens is 2. The predicted molar refractivity (Wildman–Crippen MR) is 118 cm³/mol. The number of carbonyl (C=O) groups is 1. The van der Waals surface area contributed by atoms with Gasteiger partial charge in [0.15, 0.2) is 0 Å². The average Bonchev–Trinajstić information content (AvgIpc) is 3.17. The van der Waals surface area contributed by atoms with Crippen molar-refractivity contribution in [2.75, 3.05) is 11.9 Å². The third-order valence-electron chi connectivity index (χ3n) is 5.38. The molecule has 0 spiro atoms. The summed E-state index contributed by atoms with van der Waals surface area (Å²) in [7, 11) is 0. The number of carbonyl (C=O) groups excluding carboxylic acids is 1. The minimum atomic E-state index is -0.455. The number of rotatable bonds is 4. The number of anilines is 1. The van der Waals surface area contributed by atoms with Crippen molar-refractivity contribution in [2.45, 2.75) is 13.0 Å². The molecule has 2 heterocycles. The standard InChI is InChI=1S/C25H20FN3O2/c1-2-31-24(30)21-22(16-12-14-18(26)15-13-16)28-25-27-19-10-6-7-11-20(19)29(25)23(21)17-8-4-3-5-9-17/h3-15,23H,2H2,1H3,(H,27,28)/t23-/m1/s1. The van der Waals surface area contributed by atoms with Crippen molar-refractivity contribution in [3.05, 3.63) is 101 Å². The highest BCUT2D eigenvalue weighted by molar-refractivity contribution is 6.03. The molecule has 0 amide bonds. The molecule has 1 atom stereocenters. The van der Waals surface area contributed by atoms with E-state index in [1.54, 1.807) is 19.1 Å². The van der Waals surface area contributed by atoms with Crippen molar-refractivity contribution in [3.63, 3.8) is 0 Å². The van der Waals surface area contributed by atoms with E-state index >= 15 is 0 Å². The second-order valence-electron chi connectivity index (χ2n) is 7.25. The van der Waals surface area contributed by atoms with Crippen molar-refractivity contribution in [1.82, 2.24) is 9.55 Å². The lowest BCUT2D eigenvalue weighted by Crippen LogP contribution is -2.29. The van der Waals surface area contributed by atoms with E-state index in [2.05, 4.69) is 5.32 Å². The van der Waals surface area contributed by atoms with Crippen LogP contribution in [0.5, 0.6) is 0 Å². The number of para-hydroxylation sites is 2. The number of hydrogen-bond donors (Lipinski definition) is 1. The summed E-state index contributed by atoms with van der Waals surface area (Å²) >= 11 is 0. The van der Waals surface area contributed by atoms with Crippen LogP contribution in [0.3, 0.4) is 0 Å². The van der Waals surface area contributed by atoms with Crippen molar-refractivity contribution in [1.29, 1.82) is 0 Å². The number of imidazole rings is 1. The van der Waals surface area contributed by atoms with E-state index in [9.17, 15) is 9.18 Å². The molecule has 5 nitrogen and oxygen atoms in total. The molecule has 0 bridgehead atoms. The van der Waals surface area contributed by atoms with Crippen LogP contribution in [0.2, 0.25) is 0 Å². The molecule has 1 N–H and O–H groups in total. The Morgan fingerprint density at radius 3 is 2.48 bits per heavy atom. The van der Waals surface area contributed by atoms with E-state index in [1.807, 2.05) is 59.2 Å². The predicted octanol–water partition coefficient (Wildman–Crippen LogP) is 5.16. The molecule has 0 unspecified atom stereocenters. The van der Waals surface area contributed by atoms with E-state index in [0.29, 0.717) is 22.8 Å². The molecule has 31 heavy (non-hydrogen) atoms. The summed E-state index contributed by atoms with van der Waals surface area (Å²) in [6.07, 6.45) is 0. The number of hydrogen-bond acceptors (Lipinski definition) is 4. The SMILES string of the molecule is CCOC(=O)C1=C(c2ccc(F)cc2)Nc2nc3ccccc3n2[C@@H]1c1ccccc1. The fraction of sp³-hybridized carbons (Fsp3) is 0.120. The van der Waals surface area contributed by atoms with E-state index < -0.39 is 12.0 Å². The number of benzene rings is 3. The zero-order chi connectivity index (χ0) is 21.4. The molecule has 0 aliphatic carbocycles. The molecule has 3 aromatic carbocycles. The molecule has 1 aliphatic rings. The van der Waals surface area contributed by atoms with Crippen LogP contribution in [0.15, 0.2) is 84.4 Å². The molecule has 0 saturated heterocycles. The number of halogens is 1. The highest BCUT2D eigenvalue weighted by atomic mass is 19.1. The fourth-order valence-corrected chi connectivity index (χ4v) is 4.06. The van der Waals surface area contributed by atoms with Gasteiger partial charge < -0.3 is 10.1 Å². The van der Waals surface area contributed by atoms with Gasteiger partial charge in [0.2, 0.25) is 5.95 Å². The first-order chi connectivity index (χ1) is 15.2. The Labute approximate surface area is 178 Å². The van der Waals surface area contributed by atoms with Gasteiger partial charge in [-0.1, -0.05) is 42.5 Å². The lowest BCUT2D eigenvalue weighted by Gasteiger charge is -2.31. The van der Waals surface area contributed by atoms with Crippen molar-refractivity contribution in [2.24, 2.45) is 0 Å². The third kappa shape index (κ3) is 3.26. The third-order valence-corrected chi connectivity index (χ3v) is 5.38. The van der Waals surface area contributed by atoms with Crippen molar-refractivity contribution >= 4 is 28.6 Å². The molecule has 1 aliphatic heterocycles. The second-order valence-corrected chi connectivity index (χ2v) is 7.25. The van der Waals surface area contributed by atoms with Crippen molar-refractivity contribution < 1.29 is 13.9 Å². The second kappa shape index (κ2) is 7.72. The van der Waals surface area contributed by atoms with Gasteiger partial charge in [-0.2, -0.15) is 0 Å². The lowest BCUT2D eigenvalue weighted by atomic mass is 9.92. The molecule has 154 valence electrons. The summed E-state index contributed by atoms with van der Waals surface area (Å²) in [6.45, 7) is 2.03. The van der Waals surface area contributed by atoms with Crippen molar-refractivity contribution in [3.8, 4) is 0 Å². The average molecular weight is 413 g/mol. The molecule has 0 saturated carbocycles. The maximum Gasteiger partial charge on any atom is 0.338 e. The van der Waals surface area contributed by atoms with Gasteiger partial charge in [0, 0.05) is 0 Å². The van der Waals surface area contributed by atoms with Gasteiger partial charge in [-0.25, -0.2) is 14.2 Å². The Hall–Kier alpha value is -3.93. The monoisotopic (exact) mass is 413 g/mol. The van der Waals surface area contributed by atoms with Gasteiger partial charge in [-0.15, -0.1) is 0 Å². The van der Waals surface area contributed by atoms with Gasteiger partial charge in [0.25, 0.3) is 0 Å². The van der Waals surface area contributed by atoms with Gasteiger partial charge >= 0.3 is 5.97 Å². The summed E-state index contributed by atoms with van der Waals surface area (Å²) in [5, 5.41) is 3.32. The Kier molecular flexibility index (Phi) is 4.75. The maximum absolute atomic E-state index is 13.6. The first-order valence-corrected chi connectivity index (χ1v) is 10.1. The Balaban J connectivity index is 1.82. The van der Waals surface area contributed by atoms with E-state index in [1.165, 1.54) is 12.1 Å². The maximum atomic E-state index is 13.6. The largest absolute Gasteiger partial charge is 0.463 e. The van der Waals surface area contributed by atoms with Crippen LogP contribution < -0.4 is 5.32 Å². The summed E-state index contributed by atoms with van der Waals surface area (Å²) in [6, 6.07) is 23.2. The van der Waals surface area contributed by atoms with Crippen LogP contribution in [-0.4, -0.2) is 22.1 Å². The smallest absolute Gasteiger partial charge is 0.338 e. The molecule has 6 heteroatoms. The fourth-order valence-electron chi connectivity index (χ4n) is 4.06. The number of nitrogens with zero attached hydrogens (tertiary/aromatic N) is 2. The Morgan fingerprint density at radius 1 is 1.03 bits per heavy atom. The van der Waals surface area contributed by atoms with Gasteiger partial charge in [-0.05, 0) is 54.4 Å². The molecular weight excluding hydrogens is 393 g/mol. The van der Waals surface area contributed by atoms with Crippen LogP contribution in [0.4, 0.5) is 10.3 Å². The number of esters is 1. The minimum absolute atomic E-state index is 0.248. The summed E-state index contributed by atoms with van der Waals surface area (Å²) < 4.78 is 21.1. The first kappa shape index (κ1) is 19.1. The molecule has 0 fully saturated rings. The number of ether oxygens (including phenoxy) is 1. The zero-order valence-electron chi connectivity index (χ0n) is 16.9. The summed E-state index contributed by atoms with van der Waals surface area (Å²) in [5.41, 5.74) is 4.35. The van der Waals surface area contributed by atoms with Gasteiger partial charge in [-0.3, -0.25) is 4.57 Å². The molecule has 4 aromatic rings. The number of nitrogens with one attached hydrogen (secondary N) is 1. The van der Waals surface area contributed by atoms with Crippen LogP contribution in [0.1, 0.15) is 24.1 Å². The lowest BCUT2D eigenvalue weighted by molar-refractivity contribution is -0.138. The Bertz CT molecular complexity index is 1290. The summed E-state index contributed by atoms with van der Waals surface area (Å²) in [5.74, 6) is -0.154. The van der Waals surface area contributed by atoms with Gasteiger partial charge in [0.05, 0.1) is 35.0 Å². The molecule has 0 radical (unpaired) electrons. The van der Waals surface area contributed by atoms with Crippen LogP contribution >= 0.6 is 0 Å². The summed E-state index contributed by atoms with van der Waals surface area (Å²) in [4.78, 5) is 18.0. The topological polar surface area (TPSA) is 56.1 Å². The highest BCUT2D eigenvalue weighted by Gasteiger charge is 2.36.